The van der Waals surface area contributed by atoms with Gasteiger partial charge < -0.3 is 5.32 Å². The van der Waals surface area contributed by atoms with E-state index >= 15 is 0 Å². The number of H-pyrrole nitrogens is 1. The van der Waals surface area contributed by atoms with Gasteiger partial charge in [0.1, 0.15) is 5.82 Å². The Kier molecular flexibility index (Phi) is 4.04. The SMILES string of the molecule is CC(C)c1nc(C(=O)NC2CCCSC2)n[nH]1. The van der Waals surface area contributed by atoms with Crippen LogP contribution < -0.4 is 5.32 Å². The fourth-order valence-corrected chi connectivity index (χ4v) is 2.81. The third kappa shape index (κ3) is 3.21. The average molecular weight is 254 g/mol. The minimum Gasteiger partial charge on any atom is -0.346 e. The summed E-state index contributed by atoms with van der Waals surface area (Å²) in [6.07, 6.45) is 2.22. The number of nitrogens with one attached hydrogen (secondary N) is 2. The summed E-state index contributed by atoms with van der Waals surface area (Å²) in [6, 6.07) is 0.266. The van der Waals surface area contributed by atoms with E-state index in [1.165, 1.54) is 12.2 Å². The molecule has 1 amide bonds. The van der Waals surface area contributed by atoms with Crippen molar-refractivity contribution in [3.05, 3.63) is 11.6 Å². The van der Waals surface area contributed by atoms with Gasteiger partial charge in [-0.05, 0) is 18.6 Å². The van der Waals surface area contributed by atoms with Gasteiger partial charge in [0.15, 0.2) is 0 Å². The molecule has 5 nitrogen and oxygen atoms in total. The van der Waals surface area contributed by atoms with Crippen molar-refractivity contribution < 1.29 is 4.79 Å². The van der Waals surface area contributed by atoms with Gasteiger partial charge in [-0.1, -0.05) is 13.8 Å². The number of rotatable bonds is 3. The first kappa shape index (κ1) is 12.4. The largest absolute Gasteiger partial charge is 0.346 e. The van der Waals surface area contributed by atoms with Crippen LogP contribution in [-0.2, 0) is 0 Å². The second kappa shape index (κ2) is 5.53. The van der Waals surface area contributed by atoms with Gasteiger partial charge in [-0.3, -0.25) is 9.89 Å². The van der Waals surface area contributed by atoms with E-state index in [2.05, 4.69) is 20.5 Å². The standard InChI is InChI=1S/C11H18N4OS/c1-7(2)9-13-10(15-14-9)11(16)12-8-4-3-5-17-6-8/h7-8H,3-6H2,1-2H3,(H,12,16)(H,13,14,15). The van der Waals surface area contributed by atoms with Crippen LogP contribution in [0.1, 0.15) is 49.1 Å². The molecule has 2 rings (SSSR count). The van der Waals surface area contributed by atoms with E-state index in [0.717, 1.165) is 18.0 Å². The van der Waals surface area contributed by atoms with Crippen LogP contribution in [0.15, 0.2) is 0 Å². The lowest BCUT2D eigenvalue weighted by Gasteiger charge is -2.21. The smallest absolute Gasteiger partial charge is 0.291 e. The molecule has 1 saturated heterocycles. The third-order valence-corrected chi connectivity index (χ3v) is 3.96. The van der Waals surface area contributed by atoms with E-state index in [4.69, 9.17) is 0 Å². The van der Waals surface area contributed by atoms with Crippen LogP contribution in [0.4, 0.5) is 0 Å². The Morgan fingerprint density at radius 3 is 3.00 bits per heavy atom. The molecule has 6 heteroatoms. The highest BCUT2D eigenvalue weighted by Gasteiger charge is 2.20. The van der Waals surface area contributed by atoms with Crippen LogP contribution >= 0.6 is 11.8 Å². The van der Waals surface area contributed by atoms with Crippen molar-refractivity contribution in [3.8, 4) is 0 Å². The second-order valence-corrected chi connectivity index (χ2v) is 5.74. The molecule has 0 saturated carbocycles. The normalized spacial score (nSPS) is 20.5. The van der Waals surface area contributed by atoms with Crippen LogP contribution in [0.3, 0.4) is 0 Å². The van der Waals surface area contributed by atoms with E-state index in [-0.39, 0.29) is 23.7 Å². The Morgan fingerprint density at radius 2 is 2.41 bits per heavy atom. The maximum atomic E-state index is 11.9. The van der Waals surface area contributed by atoms with Gasteiger partial charge in [-0.2, -0.15) is 11.8 Å². The predicted molar refractivity (Wildman–Crippen MR) is 68.3 cm³/mol. The lowest BCUT2D eigenvalue weighted by Crippen LogP contribution is -2.38. The highest BCUT2D eigenvalue weighted by molar-refractivity contribution is 7.99. The molecular weight excluding hydrogens is 236 g/mol. The average Bonchev–Trinajstić information content (AvgIpc) is 2.79. The predicted octanol–water partition coefficient (Wildman–Crippen LogP) is 1.55. The van der Waals surface area contributed by atoms with Gasteiger partial charge in [-0.15, -0.1) is 5.10 Å². The maximum Gasteiger partial charge on any atom is 0.291 e. The number of amides is 1. The summed E-state index contributed by atoms with van der Waals surface area (Å²) < 4.78 is 0. The Labute approximate surface area is 105 Å². The molecule has 1 unspecified atom stereocenters. The van der Waals surface area contributed by atoms with Crippen molar-refractivity contribution in [2.24, 2.45) is 0 Å². The molecule has 94 valence electrons. The number of carbonyl (C=O) groups is 1. The Bertz CT molecular complexity index is 385. The van der Waals surface area contributed by atoms with Crippen molar-refractivity contribution >= 4 is 17.7 Å². The summed E-state index contributed by atoms with van der Waals surface area (Å²) >= 11 is 1.89. The van der Waals surface area contributed by atoms with Crippen LogP contribution in [0.2, 0.25) is 0 Å². The van der Waals surface area contributed by atoms with Gasteiger partial charge >= 0.3 is 0 Å². The molecule has 1 fully saturated rings. The topological polar surface area (TPSA) is 70.7 Å². The fourth-order valence-electron chi connectivity index (χ4n) is 1.74. The molecule has 17 heavy (non-hydrogen) atoms. The zero-order valence-electron chi connectivity index (χ0n) is 10.2. The van der Waals surface area contributed by atoms with Crippen LogP contribution in [0.25, 0.3) is 0 Å². The van der Waals surface area contributed by atoms with Crippen LogP contribution in [-0.4, -0.2) is 38.6 Å². The monoisotopic (exact) mass is 254 g/mol. The summed E-state index contributed by atoms with van der Waals surface area (Å²) in [5.74, 6) is 3.30. The number of hydrogen-bond donors (Lipinski definition) is 2. The Balaban J connectivity index is 1.94. The molecule has 1 aliphatic heterocycles. The van der Waals surface area contributed by atoms with Crippen molar-refractivity contribution in [2.75, 3.05) is 11.5 Å². The van der Waals surface area contributed by atoms with Crippen molar-refractivity contribution in [1.29, 1.82) is 0 Å². The number of aromatic nitrogens is 3. The molecule has 0 aliphatic carbocycles. The van der Waals surface area contributed by atoms with Gasteiger partial charge in [0.25, 0.3) is 5.91 Å². The summed E-state index contributed by atoms with van der Waals surface area (Å²) in [6.45, 7) is 4.03. The minimum absolute atomic E-state index is 0.166. The van der Waals surface area contributed by atoms with E-state index in [1.807, 2.05) is 25.6 Å². The summed E-state index contributed by atoms with van der Waals surface area (Å²) in [5.41, 5.74) is 0. The molecule has 2 heterocycles. The molecule has 1 atom stereocenters. The lowest BCUT2D eigenvalue weighted by atomic mass is 10.2. The van der Waals surface area contributed by atoms with E-state index in [1.54, 1.807) is 0 Å². The Hall–Kier alpha value is -1.04. The lowest BCUT2D eigenvalue weighted by molar-refractivity contribution is 0.0928. The number of carbonyl (C=O) groups excluding carboxylic acids is 1. The zero-order chi connectivity index (χ0) is 12.3. The Morgan fingerprint density at radius 1 is 1.59 bits per heavy atom. The van der Waals surface area contributed by atoms with Crippen molar-refractivity contribution in [1.82, 2.24) is 20.5 Å². The van der Waals surface area contributed by atoms with Gasteiger partial charge in [0.05, 0.1) is 0 Å². The highest BCUT2D eigenvalue weighted by Crippen LogP contribution is 2.17. The molecule has 1 aromatic rings. The molecule has 0 spiro atoms. The molecule has 1 aromatic heterocycles. The number of aromatic amines is 1. The van der Waals surface area contributed by atoms with Crippen molar-refractivity contribution in [2.45, 2.75) is 38.6 Å². The summed E-state index contributed by atoms with van der Waals surface area (Å²) in [5, 5.41) is 9.73. The van der Waals surface area contributed by atoms with Gasteiger partial charge in [-0.25, -0.2) is 4.98 Å². The summed E-state index contributed by atoms with van der Waals surface area (Å²) in [7, 11) is 0. The second-order valence-electron chi connectivity index (χ2n) is 4.59. The van der Waals surface area contributed by atoms with Gasteiger partial charge in [0, 0.05) is 17.7 Å². The molecule has 2 N–H and O–H groups in total. The van der Waals surface area contributed by atoms with E-state index < -0.39 is 0 Å². The van der Waals surface area contributed by atoms with Crippen LogP contribution in [0, 0.1) is 0 Å². The van der Waals surface area contributed by atoms with Crippen LogP contribution in [0.5, 0.6) is 0 Å². The maximum absolute atomic E-state index is 11.9. The highest BCUT2D eigenvalue weighted by atomic mass is 32.2. The first-order valence-electron chi connectivity index (χ1n) is 5.97. The van der Waals surface area contributed by atoms with Crippen molar-refractivity contribution in [3.63, 3.8) is 0 Å². The minimum atomic E-state index is -0.166. The first-order chi connectivity index (χ1) is 8.16. The zero-order valence-corrected chi connectivity index (χ0v) is 11.0. The molecule has 1 aliphatic rings. The summed E-state index contributed by atoms with van der Waals surface area (Å²) in [4.78, 5) is 16.1. The fraction of sp³-hybridized carbons (Fsp3) is 0.727. The molecule has 0 radical (unpaired) electrons. The van der Waals surface area contributed by atoms with E-state index in [9.17, 15) is 4.79 Å². The van der Waals surface area contributed by atoms with Gasteiger partial charge in [0.2, 0.25) is 5.82 Å². The van der Waals surface area contributed by atoms with E-state index in [0.29, 0.717) is 0 Å². The molecular formula is C11H18N4OS. The number of thioether (sulfide) groups is 1. The third-order valence-electron chi connectivity index (χ3n) is 2.75. The molecule has 0 bridgehead atoms. The number of hydrogen-bond acceptors (Lipinski definition) is 4. The quantitative estimate of drug-likeness (QED) is 0.858. The molecule has 0 aromatic carbocycles. The number of nitrogens with zero attached hydrogens (tertiary/aromatic N) is 2. The first-order valence-corrected chi connectivity index (χ1v) is 7.13.